The predicted molar refractivity (Wildman–Crippen MR) is 122 cm³/mol. The maximum Gasteiger partial charge on any atom is 0.488 e. The summed E-state index contributed by atoms with van der Waals surface area (Å²) in [6.45, 7) is 2.05. The van der Waals surface area contributed by atoms with Gasteiger partial charge in [0, 0.05) is 24.5 Å². The number of pyridine rings is 1. The van der Waals surface area contributed by atoms with Crippen LogP contribution in [0.15, 0.2) is 48.8 Å². The molecule has 0 aliphatic rings. The van der Waals surface area contributed by atoms with Gasteiger partial charge in [-0.25, -0.2) is 4.98 Å². The van der Waals surface area contributed by atoms with Gasteiger partial charge in [-0.05, 0) is 35.6 Å². The topological polar surface area (TPSA) is 182 Å². The van der Waals surface area contributed by atoms with Crippen LogP contribution in [0.1, 0.15) is 32.1 Å². The number of fused-ring (bicyclic) bond motifs is 1. The molecule has 0 bridgehead atoms. The first kappa shape index (κ1) is 21.9. The number of aromatic nitrogens is 4. The Hall–Kier alpha value is -4.29. The first-order chi connectivity index (χ1) is 15.7. The Bertz CT molecular complexity index is 1390. The summed E-state index contributed by atoms with van der Waals surface area (Å²) in [6.07, 6.45) is 3.56. The number of carbonyl (C=O) groups excluding carboxylic acids is 2. The Morgan fingerprint density at radius 3 is 2.58 bits per heavy atom. The average Bonchev–Trinajstić information content (AvgIpc) is 3.13. The van der Waals surface area contributed by atoms with Crippen LogP contribution < -0.4 is 22.2 Å². The minimum atomic E-state index is -1.60. The largest absolute Gasteiger partial charge is 0.488 e. The minimum absolute atomic E-state index is 0.0825. The smallest absolute Gasteiger partial charge is 0.423 e. The first-order valence-electron chi connectivity index (χ1n) is 9.89. The zero-order chi connectivity index (χ0) is 23.7. The molecule has 166 valence electrons. The van der Waals surface area contributed by atoms with E-state index in [2.05, 4.69) is 20.3 Å². The fourth-order valence-corrected chi connectivity index (χ4v) is 3.56. The molecule has 33 heavy (non-hydrogen) atoms. The second-order valence-electron chi connectivity index (χ2n) is 7.37. The summed E-state index contributed by atoms with van der Waals surface area (Å²) >= 11 is 0. The number of aryl methyl sites for hydroxylation is 1. The molecule has 3 aromatic heterocycles. The van der Waals surface area contributed by atoms with Gasteiger partial charge in [0.15, 0.2) is 5.82 Å². The molecule has 0 aliphatic carbocycles. The maximum absolute atomic E-state index is 12.0. The van der Waals surface area contributed by atoms with Gasteiger partial charge in [-0.2, -0.15) is 9.97 Å². The molecule has 0 saturated carbocycles. The van der Waals surface area contributed by atoms with Gasteiger partial charge >= 0.3 is 7.12 Å². The molecule has 0 unspecified atom stereocenters. The van der Waals surface area contributed by atoms with Crippen LogP contribution in [0.3, 0.4) is 0 Å². The lowest BCUT2D eigenvalue weighted by Gasteiger charge is -2.10. The standard InChI is InChI=1S/C21H20BN7O4/c1-11-10-29-7-3-6-14(17(23)30)16(29)15(11)19-26-20(18(24)31)28-21(27-19)25-9-12-4-2-5-13(8-12)22(32)33/h2-8,10,32-33H,9H2,1H3,(H2,23,30)(H2,24,31)(H,25,26,27,28). The molecule has 0 saturated heterocycles. The Morgan fingerprint density at radius 2 is 1.88 bits per heavy atom. The zero-order valence-electron chi connectivity index (χ0n) is 17.6. The maximum atomic E-state index is 12.0. The highest BCUT2D eigenvalue weighted by atomic mass is 16.4. The third kappa shape index (κ3) is 4.38. The van der Waals surface area contributed by atoms with Gasteiger partial charge in [0.2, 0.25) is 11.8 Å². The molecule has 4 aromatic rings. The molecular formula is C21H20BN7O4. The number of hydrogen-bond donors (Lipinski definition) is 5. The fraction of sp³-hybridized carbons (Fsp3) is 0.0952. The summed E-state index contributed by atoms with van der Waals surface area (Å²) in [7, 11) is -1.60. The Kier molecular flexibility index (Phi) is 5.77. The van der Waals surface area contributed by atoms with E-state index in [1.165, 1.54) is 0 Å². The van der Waals surface area contributed by atoms with Crippen molar-refractivity contribution in [3.05, 3.63) is 71.3 Å². The monoisotopic (exact) mass is 445 g/mol. The quantitative estimate of drug-likeness (QED) is 0.238. The van der Waals surface area contributed by atoms with Crippen LogP contribution in [0.5, 0.6) is 0 Å². The minimum Gasteiger partial charge on any atom is -0.423 e. The molecule has 3 heterocycles. The molecule has 0 spiro atoms. The van der Waals surface area contributed by atoms with Crippen molar-refractivity contribution >= 4 is 35.9 Å². The number of rotatable bonds is 7. The number of carbonyl (C=O) groups is 2. The van der Waals surface area contributed by atoms with Gasteiger partial charge in [-0.1, -0.05) is 24.3 Å². The van der Waals surface area contributed by atoms with Crippen LogP contribution >= 0.6 is 0 Å². The lowest BCUT2D eigenvalue weighted by atomic mass is 9.80. The SMILES string of the molecule is Cc1cn2cccc(C(N)=O)c2c1-c1nc(NCc2cccc(B(O)O)c2)nc(C(N)=O)n1. The number of primary amides is 2. The molecule has 7 N–H and O–H groups in total. The van der Waals surface area contributed by atoms with Crippen molar-refractivity contribution < 1.29 is 19.6 Å². The number of nitrogens with zero attached hydrogens (tertiary/aromatic N) is 4. The highest BCUT2D eigenvalue weighted by Crippen LogP contribution is 2.30. The summed E-state index contributed by atoms with van der Waals surface area (Å²) in [6, 6.07) is 9.95. The number of hydrogen-bond acceptors (Lipinski definition) is 8. The van der Waals surface area contributed by atoms with Gasteiger partial charge in [0.1, 0.15) is 0 Å². The van der Waals surface area contributed by atoms with Crippen molar-refractivity contribution in [2.24, 2.45) is 11.5 Å². The Balaban J connectivity index is 1.78. The third-order valence-electron chi connectivity index (χ3n) is 5.03. The number of nitrogens with one attached hydrogen (secondary N) is 1. The zero-order valence-corrected chi connectivity index (χ0v) is 17.6. The van der Waals surface area contributed by atoms with Crippen LogP contribution in [0, 0.1) is 6.92 Å². The molecule has 2 amide bonds. The molecule has 0 fully saturated rings. The van der Waals surface area contributed by atoms with Gasteiger partial charge in [-0.15, -0.1) is 0 Å². The molecular weight excluding hydrogens is 425 g/mol. The summed E-state index contributed by atoms with van der Waals surface area (Å²) in [5, 5.41) is 21.7. The molecule has 0 atom stereocenters. The molecule has 0 radical (unpaired) electrons. The van der Waals surface area contributed by atoms with Crippen LogP contribution in [-0.2, 0) is 6.54 Å². The van der Waals surface area contributed by atoms with Crippen molar-refractivity contribution in [2.45, 2.75) is 13.5 Å². The lowest BCUT2D eigenvalue weighted by Crippen LogP contribution is -2.30. The highest BCUT2D eigenvalue weighted by Gasteiger charge is 2.21. The van der Waals surface area contributed by atoms with Crippen LogP contribution in [0.2, 0.25) is 0 Å². The average molecular weight is 445 g/mol. The van der Waals surface area contributed by atoms with E-state index in [1.807, 2.05) is 6.92 Å². The van der Waals surface area contributed by atoms with Gasteiger partial charge in [-0.3, -0.25) is 9.59 Å². The number of nitrogens with two attached hydrogens (primary N) is 2. The van der Waals surface area contributed by atoms with Crippen molar-refractivity contribution in [3.63, 3.8) is 0 Å². The number of anilines is 1. The summed E-state index contributed by atoms with van der Waals surface area (Å²) in [5.41, 5.74) is 14.1. The Labute approximate surface area is 188 Å². The number of amides is 2. The van der Waals surface area contributed by atoms with E-state index in [-0.39, 0.29) is 29.7 Å². The van der Waals surface area contributed by atoms with Gasteiger partial charge < -0.3 is 31.2 Å². The van der Waals surface area contributed by atoms with Crippen LogP contribution in [-0.4, -0.2) is 48.3 Å². The molecule has 11 nitrogen and oxygen atoms in total. The van der Waals surface area contributed by atoms with Crippen molar-refractivity contribution in [2.75, 3.05) is 5.32 Å². The molecule has 1 aromatic carbocycles. The van der Waals surface area contributed by atoms with E-state index >= 15 is 0 Å². The lowest BCUT2D eigenvalue weighted by molar-refractivity contribution is 0.0985. The van der Waals surface area contributed by atoms with Crippen LogP contribution in [0.4, 0.5) is 5.95 Å². The summed E-state index contributed by atoms with van der Waals surface area (Å²) in [5.74, 6) is -1.48. The highest BCUT2D eigenvalue weighted by molar-refractivity contribution is 6.58. The normalized spacial score (nSPS) is 10.9. The molecule has 4 rings (SSSR count). The van der Waals surface area contributed by atoms with Gasteiger partial charge in [0.05, 0.1) is 11.1 Å². The Morgan fingerprint density at radius 1 is 1.09 bits per heavy atom. The van der Waals surface area contributed by atoms with E-state index in [0.717, 1.165) is 11.1 Å². The summed E-state index contributed by atoms with van der Waals surface area (Å²) in [4.78, 5) is 36.6. The predicted octanol–water partition coefficient (Wildman–Crippen LogP) is -0.411. The first-order valence-corrected chi connectivity index (χ1v) is 9.89. The second kappa shape index (κ2) is 8.69. The fourth-order valence-electron chi connectivity index (χ4n) is 3.56. The van der Waals surface area contributed by atoms with E-state index in [0.29, 0.717) is 16.5 Å². The summed E-state index contributed by atoms with van der Waals surface area (Å²) < 4.78 is 1.73. The van der Waals surface area contributed by atoms with Crippen LogP contribution in [0.25, 0.3) is 16.9 Å². The van der Waals surface area contributed by atoms with Crippen molar-refractivity contribution in [1.82, 2.24) is 19.4 Å². The van der Waals surface area contributed by atoms with E-state index in [1.54, 1.807) is 53.2 Å². The number of benzene rings is 1. The van der Waals surface area contributed by atoms with Crippen molar-refractivity contribution in [1.29, 1.82) is 0 Å². The van der Waals surface area contributed by atoms with Crippen molar-refractivity contribution in [3.8, 4) is 11.4 Å². The molecule has 0 aliphatic heterocycles. The van der Waals surface area contributed by atoms with E-state index in [4.69, 9.17) is 11.5 Å². The van der Waals surface area contributed by atoms with Gasteiger partial charge in [0.25, 0.3) is 11.8 Å². The molecule has 12 heteroatoms. The third-order valence-corrected chi connectivity index (χ3v) is 5.03. The van der Waals surface area contributed by atoms with E-state index in [9.17, 15) is 19.6 Å². The van der Waals surface area contributed by atoms with E-state index < -0.39 is 18.9 Å². The second-order valence-corrected chi connectivity index (χ2v) is 7.37.